The second kappa shape index (κ2) is 4.52. The summed E-state index contributed by atoms with van der Waals surface area (Å²) in [5.41, 5.74) is 0. The molecule has 0 aromatic carbocycles. The first-order valence-electron chi connectivity index (χ1n) is 5.98. The summed E-state index contributed by atoms with van der Waals surface area (Å²) in [7, 11) is 0. The van der Waals surface area contributed by atoms with Crippen molar-refractivity contribution in [3.05, 3.63) is 12.3 Å². The molecule has 0 N–H and O–H groups in total. The number of nitrogens with zero attached hydrogens (tertiary/aromatic N) is 1. The van der Waals surface area contributed by atoms with E-state index in [0.717, 1.165) is 32.1 Å². The number of carbonyl (C=O) groups is 1. The lowest BCUT2D eigenvalue weighted by molar-refractivity contribution is -0.157. The number of allylic oxidation sites excluding steroid dienone is 1. The van der Waals surface area contributed by atoms with Gasteiger partial charge in [-0.2, -0.15) is 8.78 Å². The number of alkyl halides is 2. The summed E-state index contributed by atoms with van der Waals surface area (Å²) >= 11 is 0. The van der Waals surface area contributed by atoms with Crippen molar-refractivity contribution in [3.8, 4) is 0 Å². The zero-order valence-corrected chi connectivity index (χ0v) is 9.29. The summed E-state index contributed by atoms with van der Waals surface area (Å²) in [5.74, 6) is -4.19. The van der Waals surface area contributed by atoms with E-state index in [1.807, 2.05) is 0 Å². The van der Waals surface area contributed by atoms with E-state index in [1.165, 1.54) is 4.90 Å². The zero-order chi connectivity index (χ0) is 11.6. The molecule has 0 saturated heterocycles. The van der Waals surface area contributed by atoms with E-state index >= 15 is 0 Å². The quantitative estimate of drug-likeness (QED) is 0.676. The summed E-state index contributed by atoms with van der Waals surface area (Å²) < 4.78 is 26.9. The van der Waals surface area contributed by atoms with Crippen LogP contribution in [0.1, 0.15) is 44.9 Å². The van der Waals surface area contributed by atoms with Gasteiger partial charge in [-0.15, -0.1) is 0 Å². The minimum absolute atomic E-state index is 0.0125. The summed E-state index contributed by atoms with van der Waals surface area (Å²) in [6, 6.07) is -0.0125. The molecule has 0 atom stereocenters. The molecule has 1 fully saturated rings. The monoisotopic (exact) mass is 229 g/mol. The minimum atomic E-state index is -3.18. The van der Waals surface area contributed by atoms with Gasteiger partial charge >= 0.3 is 5.92 Å². The van der Waals surface area contributed by atoms with Gasteiger partial charge in [-0.25, -0.2) is 0 Å². The molecule has 1 heterocycles. The Morgan fingerprint density at radius 1 is 1.25 bits per heavy atom. The van der Waals surface area contributed by atoms with E-state index in [2.05, 4.69) is 0 Å². The third-order valence-electron chi connectivity index (χ3n) is 3.41. The van der Waals surface area contributed by atoms with Gasteiger partial charge in [0.25, 0.3) is 5.91 Å². The zero-order valence-electron chi connectivity index (χ0n) is 9.29. The molecular weight excluding hydrogens is 212 g/mol. The molecule has 0 bridgehead atoms. The minimum Gasteiger partial charge on any atom is -0.311 e. The highest BCUT2D eigenvalue weighted by molar-refractivity contribution is 5.85. The Labute approximate surface area is 94.3 Å². The number of hydrogen-bond acceptors (Lipinski definition) is 1. The average molecular weight is 229 g/mol. The van der Waals surface area contributed by atoms with Crippen LogP contribution < -0.4 is 0 Å². The van der Waals surface area contributed by atoms with Crippen molar-refractivity contribution in [2.45, 2.75) is 56.9 Å². The smallest absolute Gasteiger partial charge is 0.311 e. The molecule has 0 aromatic rings. The van der Waals surface area contributed by atoms with Gasteiger partial charge in [0.2, 0.25) is 0 Å². The van der Waals surface area contributed by atoms with Gasteiger partial charge < -0.3 is 4.90 Å². The third-order valence-corrected chi connectivity index (χ3v) is 3.41. The van der Waals surface area contributed by atoms with Crippen LogP contribution >= 0.6 is 0 Å². The van der Waals surface area contributed by atoms with E-state index in [0.29, 0.717) is 0 Å². The predicted octanol–water partition coefficient (Wildman–Crippen LogP) is 3.09. The molecule has 0 radical (unpaired) electrons. The topological polar surface area (TPSA) is 20.3 Å². The Balaban J connectivity index is 2.14. The maximum absolute atomic E-state index is 13.4. The van der Waals surface area contributed by atoms with Crippen LogP contribution in [0, 0.1) is 0 Å². The molecule has 1 aliphatic carbocycles. The van der Waals surface area contributed by atoms with E-state index in [-0.39, 0.29) is 18.9 Å². The fourth-order valence-electron chi connectivity index (χ4n) is 2.46. The molecule has 1 aliphatic heterocycles. The molecule has 0 unspecified atom stereocenters. The fourth-order valence-corrected chi connectivity index (χ4v) is 2.46. The SMILES string of the molecule is O=C1N(C2CCCCC2)C=CCCC1(F)F. The summed E-state index contributed by atoms with van der Waals surface area (Å²) in [5, 5.41) is 0. The van der Waals surface area contributed by atoms with E-state index in [4.69, 9.17) is 0 Å². The lowest BCUT2D eigenvalue weighted by atomic mass is 9.94. The van der Waals surface area contributed by atoms with Crippen LogP contribution in [0.3, 0.4) is 0 Å². The molecule has 0 aromatic heterocycles. The van der Waals surface area contributed by atoms with E-state index < -0.39 is 11.8 Å². The first kappa shape index (κ1) is 11.6. The lowest BCUT2D eigenvalue weighted by Gasteiger charge is -2.32. The molecule has 16 heavy (non-hydrogen) atoms. The Hall–Kier alpha value is -0.930. The highest BCUT2D eigenvalue weighted by Crippen LogP contribution is 2.31. The van der Waals surface area contributed by atoms with Gasteiger partial charge in [0.05, 0.1) is 0 Å². The molecule has 1 amide bonds. The molecular formula is C12H17F2NO. The Morgan fingerprint density at radius 3 is 2.62 bits per heavy atom. The third kappa shape index (κ3) is 2.25. The molecule has 2 rings (SSSR count). The normalized spacial score (nSPS) is 26.9. The highest BCUT2D eigenvalue weighted by atomic mass is 19.3. The van der Waals surface area contributed by atoms with Gasteiger partial charge in [-0.05, 0) is 19.3 Å². The van der Waals surface area contributed by atoms with Crippen molar-refractivity contribution in [1.29, 1.82) is 0 Å². The van der Waals surface area contributed by atoms with Crippen LogP contribution in [0.4, 0.5) is 8.78 Å². The van der Waals surface area contributed by atoms with Crippen LogP contribution in [0.25, 0.3) is 0 Å². The molecule has 2 aliphatic rings. The number of halogens is 2. The number of rotatable bonds is 1. The van der Waals surface area contributed by atoms with E-state index in [1.54, 1.807) is 12.3 Å². The Kier molecular flexibility index (Phi) is 3.26. The maximum atomic E-state index is 13.4. The van der Waals surface area contributed by atoms with Crippen LogP contribution in [0.2, 0.25) is 0 Å². The molecule has 90 valence electrons. The van der Waals surface area contributed by atoms with Crippen molar-refractivity contribution in [2.24, 2.45) is 0 Å². The average Bonchev–Trinajstić information content (AvgIpc) is 2.41. The van der Waals surface area contributed by atoms with Gasteiger partial charge in [0.1, 0.15) is 0 Å². The first-order chi connectivity index (χ1) is 7.61. The Morgan fingerprint density at radius 2 is 1.94 bits per heavy atom. The second-order valence-corrected chi connectivity index (χ2v) is 4.63. The first-order valence-corrected chi connectivity index (χ1v) is 5.98. The predicted molar refractivity (Wildman–Crippen MR) is 57.0 cm³/mol. The van der Waals surface area contributed by atoms with Crippen molar-refractivity contribution in [3.63, 3.8) is 0 Å². The van der Waals surface area contributed by atoms with Gasteiger partial charge in [0.15, 0.2) is 0 Å². The molecule has 2 nitrogen and oxygen atoms in total. The summed E-state index contributed by atoms with van der Waals surface area (Å²) in [6.45, 7) is 0. The van der Waals surface area contributed by atoms with Crippen molar-refractivity contribution < 1.29 is 13.6 Å². The van der Waals surface area contributed by atoms with Gasteiger partial charge in [0, 0.05) is 18.7 Å². The Bertz CT molecular complexity index is 295. The van der Waals surface area contributed by atoms with Gasteiger partial charge in [-0.3, -0.25) is 4.79 Å². The number of carbonyl (C=O) groups excluding carboxylic acids is 1. The second-order valence-electron chi connectivity index (χ2n) is 4.63. The number of hydrogen-bond donors (Lipinski definition) is 0. The van der Waals surface area contributed by atoms with Crippen LogP contribution in [-0.4, -0.2) is 22.8 Å². The number of amides is 1. The summed E-state index contributed by atoms with van der Waals surface area (Å²) in [6.07, 6.45) is 8.11. The van der Waals surface area contributed by atoms with Crippen LogP contribution in [-0.2, 0) is 4.79 Å². The fraction of sp³-hybridized carbons (Fsp3) is 0.750. The summed E-state index contributed by atoms with van der Waals surface area (Å²) in [4.78, 5) is 13.0. The van der Waals surface area contributed by atoms with Crippen LogP contribution in [0.15, 0.2) is 12.3 Å². The standard InChI is InChI=1S/C12H17F2NO/c13-12(14)8-4-5-9-15(11(12)16)10-6-2-1-3-7-10/h5,9-10H,1-4,6-8H2. The molecule has 1 saturated carbocycles. The van der Waals surface area contributed by atoms with Crippen molar-refractivity contribution in [1.82, 2.24) is 4.90 Å². The van der Waals surface area contributed by atoms with E-state index in [9.17, 15) is 13.6 Å². The highest BCUT2D eigenvalue weighted by Gasteiger charge is 2.43. The molecule has 0 spiro atoms. The van der Waals surface area contributed by atoms with Crippen molar-refractivity contribution in [2.75, 3.05) is 0 Å². The lowest BCUT2D eigenvalue weighted by Crippen LogP contribution is -2.45. The van der Waals surface area contributed by atoms with Crippen molar-refractivity contribution >= 4 is 5.91 Å². The largest absolute Gasteiger partial charge is 0.325 e. The molecule has 4 heteroatoms. The maximum Gasteiger partial charge on any atom is 0.325 e. The van der Waals surface area contributed by atoms with Gasteiger partial charge in [-0.1, -0.05) is 25.3 Å². The van der Waals surface area contributed by atoms with Crippen LogP contribution in [0.5, 0.6) is 0 Å².